The molecule has 1 aromatic rings. The molecule has 1 saturated heterocycles. The number of nitrogens with zero attached hydrogens (tertiary/aromatic N) is 2. The number of likely N-dealkylation sites (N-methyl/N-ethyl adjacent to an activating group) is 1. The first-order chi connectivity index (χ1) is 14.3. The fourth-order valence-electron chi connectivity index (χ4n) is 3.59. The minimum Gasteiger partial charge on any atom is -0.468 e. The molecule has 0 aliphatic carbocycles. The molecule has 0 radical (unpaired) electrons. The number of nitrogens with one attached hydrogen (secondary N) is 2. The van der Waals surface area contributed by atoms with Gasteiger partial charge in [-0.1, -0.05) is 13.8 Å². The Kier molecular flexibility index (Phi) is 11.8. The van der Waals surface area contributed by atoms with Gasteiger partial charge in [-0.05, 0) is 57.3 Å². The molecule has 0 amide bonds. The van der Waals surface area contributed by atoms with Gasteiger partial charge in [-0.15, -0.1) is 0 Å². The molecule has 1 aromatic heterocycles. The molecule has 0 aromatic carbocycles. The van der Waals surface area contributed by atoms with E-state index < -0.39 is 0 Å². The Labute approximate surface area is 176 Å². The molecule has 1 aliphatic heterocycles. The first-order valence-electron chi connectivity index (χ1n) is 11.2. The lowest BCUT2D eigenvalue weighted by Crippen LogP contribution is -2.39. The fourth-order valence-corrected chi connectivity index (χ4v) is 3.59. The van der Waals surface area contributed by atoms with E-state index in [1.54, 1.807) is 6.26 Å². The van der Waals surface area contributed by atoms with Crippen LogP contribution in [0, 0.1) is 5.92 Å². The summed E-state index contributed by atoms with van der Waals surface area (Å²) >= 11 is 0. The Morgan fingerprint density at radius 2 is 2.03 bits per heavy atom. The summed E-state index contributed by atoms with van der Waals surface area (Å²) in [6.45, 7) is 14.1. The molecule has 1 fully saturated rings. The molecule has 1 atom stereocenters. The number of ether oxygens (including phenoxy) is 2. The van der Waals surface area contributed by atoms with Gasteiger partial charge in [0, 0.05) is 39.5 Å². The van der Waals surface area contributed by atoms with Crippen molar-refractivity contribution in [3.8, 4) is 0 Å². The number of guanidine groups is 1. The van der Waals surface area contributed by atoms with Crippen molar-refractivity contribution < 1.29 is 13.9 Å². The van der Waals surface area contributed by atoms with Gasteiger partial charge in [0.25, 0.3) is 0 Å². The van der Waals surface area contributed by atoms with E-state index in [-0.39, 0.29) is 6.04 Å². The largest absolute Gasteiger partial charge is 0.468 e. The molecular formula is C22H40N4O3. The van der Waals surface area contributed by atoms with Crippen LogP contribution < -0.4 is 10.6 Å². The Morgan fingerprint density at radius 3 is 2.69 bits per heavy atom. The smallest absolute Gasteiger partial charge is 0.191 e. The molecule has 0 bridgehead atoms. The maximum Gasteiger partial charge on any atom is 0.191 e. The zero-order chi connectivity index (χ0) is 20.7. The molecule has 2 N–H and O–H groups in total. The van der Waals surface area contributed by atoms with Crippen LogP contribution in [0.5, 0.6) is 0 Å². The highest BCUT2D eigenvalue weighted by atomic mass is 16.5. The van der Waals surface area contributed by atoms with Crippen molar-refractivity contribution in [3.63, 3.8) is 0 Å². The van der Waals surface area contributed by atoms with Crippen LogP contribution in [0.2, 0.25) is 0 Å². The predicted octanol–water partition coefficient (Wildman–Crippen LogP) is 3.05. The maximum atomic E-state index is 5.85. The van der Waals surface area contributed by atoms with Gasteiger partial charge in [0.05, 0.1) is 18.8 Å². The van der Waals surface area contributed by atoms with Gasteiger partial charge in [0.1, 0.15) is 5.76 Å². The van der Waals surface area contributed by atoms with Crippen LogP contribution in [0.15, 0.2) is 27.8 Å². The fraction of sp³-hybridized carbons (Fsp3) is 0.773. The summed E-state index contributed by atoms with van der Waals surface area (Å²) in [5.74, 6) is 2.48. The summed E-state index contributed by atoms with van der Waals surface area (Å²) in [7, 11) is 0. The lowest BCUT2D eigenvalue weighted by Gasteiger charge is -2.27. The molecule has 7 heteroatoms. The lowest BCUT2D eigenvalue weighted by atomic mass is 10.0. The van der Waals surface area contributed by atoms with E-state index >= 15 is 0 Å². The normalized spacial score (nSPS) is 16.9. The molecule has 166 valence electrons. The number of hydrogen-bond donors (Lipinski definition) is 2. The zero-order valence-electron chi connectivity index (χ0n) is 18.5. The van der Waals surface area contributed by atoms with Crippen molar-refractivity contribution in [2.45, 2.75) is 46.1 Å². The predicted molar refractivity (Wildman–Crippen MR) is 117 cm³/mol. The van der Waals surface area contributed by atoms with Crippen LogP contribution in [-0.4, -0.2) is 70.0 Å². The van der Waals surface area contributed by atoms with Crippen LogP contribution in [0.1, 0.15) is 51.8 Å². The highest BCUT2D eigenvalue weighted by Gasteiger charge is 2.20. The Balaban J connectivity index is 1.75. The molecule has 0 spiro atoms. The maximum absolute atomic E-state index is 5.85. The molecule has 2 heterocycles. The number of furan rings is 1. The molecule has 0 saturated carbocycles. The number of rotatable bonds is 13. The summed E-state index contributed by atoms with van der Waals surface area (Å²) in [4.78, 5) is 7.19. The van der Waals surface area contributed by atoms with Gasteiger partial charge in [0.2, 0.25) is 0 Å². The minimum absolute atomic E-state index is 0.151. The molecular weight excluding hydrogens is 368 g/mol. The topological polar surface area (TPSA) is 71.3 Å². The standard InChI is InChI=1S/C22H40N4O3/c1-4-23-22(24-12-8-13-28-18-19-10-15-27-16-11-19)25-17-20(26(5-2)6-3)21-9-7-14-29-21/h7,9,14,19-20H,4-6,8,10-13,15-18H2,1-3H3,(H2,23,24,25). The highest BCUT2D eigenvalue weighted by molar-refractivity contribution is 5.79. The Morgan fingerprint density at radius 1 is 1.24 bits per heavy atom. The van der Waals surface area contributed by atoms with Gasteiger partial charge in [0.15, 0.2) is 5.96 Å². The van der Waals surface area contributed by atoms with Crippen molar-refractivity contribution in [1.29, 1.82) is 0 Å². The van der Waals surface area contributed by atoms with Crippen molar-refractivity contribution >= 4 is 5.96 Å². The van der Waals surface area contributed by atoms with Gasteiger partial charge < -0.3 is 24.5 Å². The second kappa shape index (κ2) is 14.4. The van der Waals surface area contributed by atoms with Crippen LogP contribution in [0.25, 0.3) is 0 Å². The third-order valence-electron chi connectivity index (χ3n) is 5.34. The van der Waals surface area contributed by atoms with E-state index in [1.165, 1.54) is 0 Å². The summed E-state index contributed by atoms with van der Waals surface area (Å²) in [5, 5.41) is 6.76. The quantitative estimate of drug-likeness (QED) is 0.297. The van der Waals surface area contributed by atoms with Crippen LogP contribution in [0.4, 0.5) is 0 Å². The Hall–Kier alpha value is -1.57. The van der Waals surface area contributed by atoms with Crippen LogP contribution in [-0.2, 0) is 9.47 Å². The van der Waals surface area contributed by atoms with E-state index in [1.807, 2.05) is 12.1 Å². The van der Waals surface area contributed by atoms with E-state index in [0.29, 0.717) is 12.5 Å². The molecule has 1 aliphatic rings. The van der Waals surface area contributed by atoms with Crippen molar-refractivity contribution in [2.24, 2.45) is 10.9 Å². The average molecular weight is 409 g/mol. The summed E-state index contributed by atoms with van der Waals surface area (Å²) in [6, 6.07) is 4.13. The third-order valence-corrected chi connectivity index (χ3v) is 5.34. The average Bonchev–Trinajstić information content (AvgIpc) is 3.28. The van der Waals surface area contributed by atoms with Gasteiger partial charge in [-0.2, -0.15) is 0 Å². The Bertz CT molecular complexity index is 540. The second-order valence-corrected chi connectivity index (χ2v) is 7.38. The monoisotopic (exact) mass is 408 g/mol. The number of aliphatic imine (C=N–C) groups is 1. The lowest BCUT2D eigenvalue weighted by molar-refractivity contribution is 0.0203. The van der Waals surface area contributed by atoms with Crippen LogP contribution in [0.3, 0.4) is 0 Å². The summed E-state index contributed by atoms with van der Waals surface area (Å²) in [6.07, 6.45) is 4.95. The first kappa shape index (κ1) is 23.7. The van der Waals surface area contributed by atoms with Gasteiger partial charge in [-0.3, -0.25) is 9.89 Å². The second-order valence-electron chi connectivity index (χ2n) is 7.38. The van der Waals surface area contributed by atoms with E-state index in [0.717, 1.165) is 83.6 Å². The van der Waals surface area contributed by atoms with E-state index in [9.17, 15) is 0 Å². The van der Waals surface area contributed by atoms with Crippen molar-refractivity contribution in [2.75, 3.05) is 59.2 Å². The summed E-state index contributed by atoms with van der Waals surface area (Å²) in [5.41, 5.74) is 0. The van der Waals surface area contributed by atoms with Crippen molar-refractivity contribution in [1.82, 2.24) is 15.5 Å². The molecule has 7 nitrogen and oxygen atoms in total. The molecule has 2 rings (SSSR count). The molecule has 29 heavy (non-hydrogen) atoms. The zero-order valence-corrected chi connectivity index (χ0v) is 18.5. The van der Waals surface area contributed by atoms with Crippen LogP contribution >= 0.6 is 0 Å². The SMILES string of the molecule is CCNC(=NCC(c1ccco1)N(CC)CC)NCCCOCC1CCOCC1. The van der Waals surface area contributed by atoms with Gasteiger partial charge in [-0.25, -0.2) is 0 Å². The highest BCUT2D eigenvalue weighted by Crippen LogP contribution is 2.21. The van der Waals surface area contributed by atoms with E-state index in [2.05, 4.69) is 36.3 Å². The third kappa shape index (κ3) is 8.76. The molecule has 1 unspecified atom stereocenters. The first-order valence-corrected chi connectivity index (χ1v) is 11.2. The van der Waals surface area contributed by atoms with Gasteiger partial charge >= 0.3 is 0 Å². The van der Waals surface area contributed by atoms with Crippen molar-refractivity contribution in [3.05, 3.63) is 24.2 Å². The van der Waals surface area contributed by atoms with E-state index in [4.69, 9.17) is 18.9 Å². The minimum atomic E-state index is 0.151. The summed E-state index contributed by atoms with van der Waals surface area (Å²) < 4.78 is 16.9. The number of hydrogen-bond acceptors (Lipinski definition) is 5.